The Kier molecular flexibility index (Phi) is 5.86. The van der Waals surface area contributed by atoms with Crippen LogP contribution in [0.5, 0.6) is 0 Å². The van der Waals surface area contributed by atoms with Gasteiger partial charge in [0.25, 0.3) is 0 Å². The van der Waals surface area contributed by atoms with E-state index in [0.717, 1.165) is 63.1 Å². The summed E-state index contributed by atoms with van der Waals surface area (Å²) in [5, 5.41) is 13.0. The van der Waals surface area contributed by atoms with Crippen molar-refractivity contribution < 1.29 is 4.39 Å². The van der Waals surface area contributed by atoms with E-state index in [-0.39, 0.29) is 5.82 Å². The minimum atomic E-state index is -0.305. The molecule has 6 rings (SSSR count). The minimum absolute atomic E-state index is 0.305. The molecular formula is C29H26FN7. The first kappa shape index (κ1) is 22.9. The number of hydrogen-bond donors (Lipinski definition) is 3. The zero-order chi connectivity index (χ0) is 25.4. The second-order valence-corrected chi connectivity index (χ2v) is 9.34. The third-order valence-corrected chi connectivity index (χ3v) is 6.42. The van der Waals surface area contributed by atoms with Crippen LogP contribution >= 0.6 is 0 Å². The number of H-pyrrole nitrogens is 2. The van der Waals surface area contributed by atoms with Crippen LogP contribution in [0.25, 0.3) is 55.6 Å². The number of fused-ring (bicyclic) bond motifs is 2. The maximum Gasteiger partial charge on any atom is 0.125 e. The van der Waals surface area contributed by atoms with E-state index in [4.69, 9.17) is 0 Å². The van der Waals surface area contributed by atoms with Gasteiger partial charge in [0.05, 0.1) is 16.9 Å². The van der Waals surface area contributed by atoms with Crippen LogP contribution in [0.3, 0.4) is 0 Å². The van der Waals surface area contributed by atoms with E-state index in [0.29, 0.717) is 11.3 Å². The summed E-state index contributed by atoms with van der Waals surface area (Å²) in [4.78, 5) is 14.4. The number of hydrogen-bond acceptors (Lipinski definition) is 5. The summed E-state index contributed by atoms with van der Waals surface area (Å²) >= 11 is 0. The highest BCUT2D eigenvalue weighted by Crippen LogP contribution is 2.35. The lowest BCUT2D eigenvalue weighted by Crippen LogP contribution is -2.20. The van der Waals surface area contributed by atoms with Gasteiger partial charge in [-0.2, -0.15) is 5.10 Å². The Labute approximate surface area is 213 Å². The molecular weight excluding hydrogens is 465 g/mol. The van der Waals surface area contributed by atoms with Crippen molar-refractivity contribution in [1.29, 1.82) is 0 Å². The summed E-state index contributed by atoms with van der Waals surface area (Å²) in [6.07, 6.45) is 5.36. The summed E-state index contributed by atoms with van der Waals surface area (Å²) in [5.41, 5.74) is 7.79. The average Bonchev–Trinajstić information content (AvgIpc) is 3.52. The van der Waals surface area contributed by atoms with Crippen molar-refractivity contribution >= 4 is 27.5 Å². The molecule has 0 saturated carbocycles. The molecule has 0 saturated heterocycles. The van der Waals surface area contributed by atoms with Crippen molar-refractivity contribution in [3.05, 3.63) is 85.1 Å². The average molecular weight is 492 g/mol. The first-order valence-electron chi connectivity index (χ1n) is 12.1. The predicted octanol–water partition coefficient (Wildman–Crippen LogP) is 5.95. The Morgan fingerprint density at radius 3 is 2.59 bits per heavy atom. The number of nitrogens with one attached hydrogen (secondary N) is 3. The normalized spacial score (nSPS) is 11.6. The lowest BCUT2D eigenvalue weighted by molar-refractivity contribution is 0.425. The quantitative estimate of drug-likeness (QED) is 0.257. The maximum atomic E-state index is 14.6. The Bertz CT molecular complexity index is 1700. The van der Waals surface area contributed by atoms with E-state index in [1.54, 1.807) is 12.4 Å². The van der Waals surface area contributed by atoms with Crippen molar-refractivity contribution in [3.8, 4) is 33.8 Å². The fourth-order valence-corrected chi connectivity index (χ4v) is 4.60. The number of halogens is 1. The lowest BCUT2D eigenvalue weighted by Gasteiger charge is -2.12. The maximum absolute atomic E-state index is 14.6. The topological polar surface area (TPSA) is 85.5 Å². The number of anilines is 1. The van der Waals surface area contributed by atoms with Gasteiger partial charge in [-0.05, 0) is 68.2 Å². The summed E-state index contributed by atoms with van der Waals surface area (Å²) in [7, 11) is 4.02. The fraction of sp³-hybridized carbons (Fsp3) is 0.138. The van der Waals surface area contributed by atoms with Crippen LogP contribution in [-0.4, -0.2) is 57.2 Å². The number of nitrogens with zero attached hydrogens (tertiary/aromatic N) is 4. The van der Waals surface area contributed by atoms with E-state index >= 15 is 0 Å². The number of pyridine rings is 2. The highest BCUT2D eigenvalue weighted by atomic mass is 19.1. The van der Waals surface area contributed by atoms with Crippen molar-refractivity contribution in [2.45, 2.75) is 0 Å². The Balaban J connectivity index is 1.41. The van der Waals surface area contributed by atoms with Gasteiger partial charge in [-0.1, -0.05) is 12.1 Å². The minimum Gasteiger partial charge on any atom is -0.384 e. The van der Waals surface area contributed by atoms with Crippen LogP contribution in [0, 0.1) is 5.82 Å². The molecule has 3 N–H and O–H groups in total. The molecule has 0 spiro atoms. The Morgan fingerprint density at radius 1 is 0.865 bits per heavy atom. The van der Waals surface area contributed by atoms with E-state index in [1.807, 2.05) is 56.7 Å². The van der Waals surface area contributed by atoms with Crippen LogP contribution in [0.4, 0.5) is 10.1 Å². The smallest absolute Gasteiger partial charge is 0.125 e. The third-order valence-electron chi connectivity index (χ3n) is 6.42. The largest absolute Gasteiger partial charge is 0.384 e. The van der Waals surface area contributed by atoms with Gasteiger partial charge in [0.2, 0.25) is 0 Å². The fourth-order valence-electron chi connectivity index (χ4n) is 4.60. The molecule has 2 aromatic carbocycles. The molecule has 0 amide bonds. The van der Waals surface area contributed by atoms with Crippen LogP contribution in [0.1, 0.15) is 0 Å². The van der Waals surface area contributed by atoms with Gasteiger partial charge in [-0.15, -0.1) is 0 Å². The van der Waals surface area contributed by atoms with Gasteiger partial charge in [0.1, 0.15) is 11.5 Å². The summed E-state index contributed by atoms with van der Waals surface area (Å²) < 4.78 is 14.6. The molecule has 184 valence electrons. The summed E-state index contributed by atoms with van der Waals surface area (Å²) in [5.74, 6) is -0.305. The molecule has 8 heteroatoms. The second kappa shape index (κ2) is 9.48. The first-order valence-corrected chi connectivity index (χ1v) is 12.1. The van der Waals surface area contributed by atoms with E-state index in [9.17, 15) is 4.39 Å². The van der Waals surface area contributed by atoms with Crippen LogP contribution in [0.2, 0.25) is 0 Å². The summed E-state index contributed by atoms with van der Waals surface area (Å²) in [6, 6.07) is 19.1. The van der Waals surface area contributed by atoms with Crippen LogP contribution in [-0.2, 0) is 0 Å². The second-order valence-electron chi connectivity index (χ2n) is 9.34. The van der Waals surface area contributed by atoms with Crippen molar-refractivity contribution in [1.82, 2.24) is 30.0 Å². The standard InChI is InChI=1S/C29H26FN7/c1-37(2)11-10-32-22-13-20(12-21(30)15-22)28-24-16-27(34-25(24)7-9-33-28)29-23-14-18(5-6-26(23)35-36-29)19-4-3-8-31-17-19/h3-9,12-17,32,34H,10-11H2,1-2H3,(H,35,36). The monoisotopic (exact) mass is 491 g/mol. The van der Waals surface area contributed by atoms with E-state index in [2.05, 4.69) is 47.5 Å². The van der Waals surface area contributed by atoms with Gasteiger partial charge in [0.15, 0.2) is 0 Å². The first-order chi connectivity index (χ1) is 18.0. The number of rotatable bonds is 7. The Hall–Kier alpha value is -4.56. The molecule has 4 aromatic heterocycles. The van der Waals surface area contributed by atoms with Crippen molar-refractivity contribution in [2.75, 3.05) is 32.5 Å². The number of likely N-dealkylation sites (N-methyl/N-ethyl adjacent to an activating group) is 1. The van der Waals surface area contributed by atoms with Crippen molar-refractivity contribution in [3.63, 3.8) is 0 Å². The molecule has 0 radical (unpaired) electrons. The van der Waals surface area contributed by atoms with E-state index < -0.39 is 0 Å². The SMILES string of the molecule is CN(C)CCNc1cc(F)cc(-c2nccc3[nH]c(-c4n[nH]c5ccc(-c6cccnc6)cc45)cc23)c1. The number of aromatic nitrogens is 5. The molecule has 0 unspecified atom stereocenters. The molecule has 0 bridgehead atoms. The highest BCUT2D eigenvalue weighted by Gasteiger charge is 2.16. The van der Waals surface area contributed by atoms with Gasteiger partial charge >= 0.3 is 0 Å². The van der Waals surface area contributed by atoms with Crippen LogP contribution in [0.15, 0.2) is 79.3 Å². The zero-order valence-electron chi connectivity index (χ0n) is 20.6. The summed E-state index contributed by atoms with van der Waals surface area (Å²) in [6.45, 7) is 1.57. The molecule has 0 aliphatic heterocycles. The molecule has 4 heterocycles. The lowest BCUT2D eigenvalue weighted by atomic mass is 10.0. The Morgan fingerprint density at radius 2 is 1.76 bits per heavy atom. The number of benzene rings is 2. The van der Waals surface area contributed by atoms with Gasteiger partial charge in [-0.25, -0.2) is 4.39 Å². The van der Waals surface area contributed by atoms with Gasteiger partial charge in [-0.3, -0.25) is 15.1 Å². The van der Waals surface area contributed by atoms with Crippen molar-refractivity contribution in [2.24, 2.45) is 0 Å². The molecule has 7 nitrogen and oxygen atoms in total. The third kappa shape index (κ3) is 4.54. The van der Waals surface area contributed by atoms with E-state index in [1.165, 1.54) is 12.1 Å². The van der Waals surface area contributed by atoms with Gasteiger partial charge in [0, 0.05) is 64.8 Å². The molecule has 0 fully saturated rings. The molecule has 0 atom stereocenters. The molecule has 0 aliphatic carbocycles. The zero-order valence-corrected chi connectivity index (χ0v) is 20.6. The van der Waals surface area contributed by atoms with Crippen LogP contribution < -0.4 is 5.32 Å². The predicted molar refractivity (Wildman–Crippen MR) is 147 cm³/mol. The molecule has 0 aliphatic rings. The molecule has 37 heavy (non-hydrogen) atoms. The highest BCUT2D eigenvalue weighted by molar-refractivity contribution is 6.01. The molecule has 6 aromatic rings. The van der Waals surface area contributed by atoms with Gasteiger partial charge < -0.3 is 15.2 Å². The number of aromatic amines is 2.